The van der Waals surface area contributed by atoms with Crippen LogP contribution in [0.1, 0.15) is 35.7 Å². The van der Waals surface area contributed by atoms with Crippen LogP contribution < -0.4 is 10.5 Å². The van der Waals surface area contributed by atoms with Crippen molar-refractivity contribution in [3.05, 3.63) is 59.0 Å². The predicted molar refractivity (Wildman–Crippen MR) is 107 cm³/mol. The third kappa shape index (κ3) is 3.07. The van der Waals surface area contributed by atoms with Crippen LogP contribution in [0.5, 0.6) is 5.75 Å². The van der Waals surface area contributed by atoms with E-state index in [0.29, 0.717) is 45.2 Å². The number of fused-ring (bicyclic) bond motifs is 7. The molecule has 0 saturated carbocycles. The Morgan fingerprint density at radius 1 is 1.29 bits per heavy atom. The molecule has 1 aliphatic rings. The van der Waals surface area contributed by atoms with Gasteiger partial charge in [-0.25, -0.2) is 9.37 Å². The molecule has 2 N–H and O–H groups in total. The topological polar surface area (TPSA) is 129 Å². The predicted octanol–water partition coefficient (Wildman–Crippen LogP) is 3.17. The molecule has 1 unspecified atom stereocenters. The number of benzene rings is 1. The number of nitrogens with two attached hydrogens (primary N) is 1. The summed E-state index contributed by atoms with van der Waals surface area (Å²) in [5, 5.41) is 22.4. The quantitative estimate of drug-likeness (QED) is 0.462. The molecular weight excluding hydrogens is 401 g/mol. The summed E-state index contributed by atoms with van der Waals surface area (Å²) < 4.78 is 25.7. The van der Waals surface area contributed by atoms with E-state index in [1.54, 1.807) is 26.1 Å². The van der Waals surface area contributed by atoms with Gasteiger partial charge in [-0.15, -0.1) is 0 Å². The largest absolute Gasteiger partial charge is 0.482 e. The lowest BCUT2D eigenvalue weighted by Gasteiger charge is -2.20. The number of nitrogen functional groups attached to an aromatic ring is 1. The summed E-state index contributed by atoms with van der Waals surface area (Å²) in [7, 11) is 1.70. The highest BCUT2D eigenvalue weighted by Crippen LogP contribution is 2.38. The van der Waals surface area contributed by atoms with Crippen LogP contribution in [-0.4, -0.2) is 25.1 Å². The summed E-state index contributed by atoms with van der Waals surface area (Å²) in [6.07, 6.45) is 1.18. The molecule has 10 heteroatoms. The van der Waals surface area contributed by atoms with Crippen LogP contribution in [0.25, 0.3) is 22.4 Å². The van der Waals surface area contributed by atoms with Crippen LogP contribution in [0.4, 0.5) is 10.2 Å². The van der Waals surface area contributed by atoms with Crippen molar-refractivity contribution in [1.29, 1.82) is 5.26 Å². The van der Waals surface area contributed by atoms with Gasteiger partial charge in [-0.3, -0.25) is 0 Å². The van der Waals surface area contributed by atoms with E-state index in [4.69, 9.17) is 15.0 Å². The van der Waals surface area contributed by atoms with Crippen molar-refractivity contribution in [2.75, 3.05) is 5.73 Å². The van der Waals surface area contributed by atoms with Gasteiger partial charge in [0.05, 0.1) is 17.7 Å². The first kappa shape index (κ1) is 18.7. The Hall–Kier alpha value is -4.26. The van der Waals surface area contributed by atoms with E-state index >= 15 is 0 Å². The first-order valence-corrected chi connectivity index (χ1v) is 9.45. The Bertz CT molecular complexity index is 1370. The fraction of sp³-hybridized carbons (Fsp3) is 0.190. The lowest BCUT2D eigenvalue weighted by atomic mass is 9.96. The summed E-state index contributed by atoms with van der Waals surface area (Å²) in [6.45, 7) is 1.79. The number of rotatable bonds is 0. The molecule has 154 valence electrons. The highest BCUT2D eigenvalue weighted by atomic mass is 19.1. The second-order valence-corrected chi connectivity index (χ2v) is 7.20. The average molecular weight is 417 g/mol. The van der Waals surface area contributed by atoms with Crippen LogP contribution in [0, 0.1) is 17.1 Å². The average Bonchev–Trinajstić information content (AvgIpc) is 3.32. The van der Waals surface area contributed by atoms with Crippen molar-refractivity contribution < 1.29 is 13.7 Å². The standard InChI is InChI=1S/C21H16FN7O2/c1-10-14-6-12(22)3-4-13(14)20-15(26-29(2)27-20)7-17-19(16(8-23)28-31-17)11-5-18(30-10)21(24)25-9-11/h3-6,9-10H,7H2,1-2H3,(H2,24,25). The number of nitrogens with zero attached hydrogens (tertiary/aromatic N) is 6. The van der Waals surface area contributed by atoms with Gasteiger partial charge in [0, 0.05) is 29.9 Å². The Labute approximate surface area is 175 Å². The number of hydrogen-bond acceptors (Lipinski definition) is 8. The van der Waals surface area contributed by atoms with Gasteiger partial charge in [-0.05, 0) is 31.2 Å². The molecule has 0 fully saturated rings. The number of ether oxygens (including phenoxy) is 1. The molecular formula is C21H16FN7O2. The van der Waals surface area contributed by atoms with Crippen molar-refractivity contribution in [3.8, 4) is 34.2 Å². The maximum Gasteiger partial charge on any atom is 0.191 e. The van der Waals surface area contributed by atoms with Gasteiger partial charge in [0.2, 0.25) is 0 Å². The van der Waals surface area contributed by atoms with Crippen LogP contribution in [0.3, 0.4) is 0 Å². The first-order chi connectivity index (χ1) is 14.9. The Morgan fingerprint density at radius 3 is 2.94 bits per heavy atom. The molecule has 9 nitrogen and oxygen atoms in total. The van der Waals surface area contributed by atoms with Crippen molar-refractivity contribution >= 4 is 5.82 Å². The third-order valence-corrected chi connectivity index (χ3v) is 5.16. The minimum atomic E-state index is -0.572. The van der Waals surface area contributed by atoms with Crippen molar-refractivity contribution in [2.24, 2.45) is 7.05 Å². The number of halogens is 1. The minimum Gasteiger partial charge on any atom is -0.482 e. The molecule has 0 aliphatic carbocycles. The van der Waals surface area contributed by atoms with Gasteiger partial charge in [0.1, 0.15) is 23.7 Å². The van der Waals surface area contributed by atoms with E-state index in [2.05, 4.69) is 20.3 Å². The maximum absolute atomic E-state index is 14.2. The summed E-state index contributed by atoms with van der Waals surface area (Å²) in [5.41, 5.74) is 9.61. The molecule has 0 amide bonds. The summed E-state index contributed by atoms with van der Waals surface area (Å²) in [6, 6.07) is 8.13. The SMILES string of the molecule is CC1Oc2cc(cnc2N)-c2c(C#N)noc2Cc2nn(C)nc2-c2ccc(F)cc21. The number of hydrogen-bond donors (Lipinski definition) is 1. The Kier molecular flexibility index (Phi) is 4.18. The molecule has 0 spiro atoms. The van der Waals surface area contributed by atoms with Crippen LogP contribution in [0.2, 0.25) is 0 Å². The molecule has 0 radical (unpaired) electrons. The molecule has 1 atom stereocenters. The van der Waals surface area contributed by atoms with Crippen molar-refractivity contribution in [1.82, 2.24) is 25.1 Å². The lowest BCUT2D eigenvalue weighted by molar-refractivity contribution is 0.227. The minimum absolute atomic E-state index is 0.116. The van der Waals surface area contributed by atoms with Gasteiger partial charge in [0.15, 0.2) is 23.0 Å². The first-order valence-electron chi connectivity index (χ1n) is 9.45. The van der Waals surface area contributed by atoms with E-state index in [1.165, 1.54) is 23.1 Å². The molecule has 31 heavy (non-hydrogen) atoms. The highest BCUT2D eigenvalue weighted by molar-refractivity contribution is 5.74. The van der Waals surface area contributed by atoms with E-state index < -0.39 is 11.9 Å². The summed E-state index contributed by atoms with van der Waals surface area (Å²) in [5.74, 6) is 0.495. The number of aryl methyl sites for hydroxylation is 1. The van der Waals surface area contributed by atoms with Crippen LogP contribution >= 0.6 is 0 Å². The van der Waals surface area contributed by atoms with Crippen molar-refractivity contribution in [3.63, 3.8) is 0 Å². The Morgan fingerprint density at radius 2 is 2.13 bits per heavy atom. The van der Waals surface area contributed by atoms with Gasteiger partial charge in [-0.2, -0.15) is 20.3 Å². The lowest BCUT2D eigenvalue weighted by Crippen LogP contribution is -2.09. The van der Waals surface area contributed by atoms with E-state index in [1.807, 2.05) is 6.07 Å². The number of aromatic nitrogens is 5. The van der Waals surface area contributed by atoms with Gasteiger partial charge < -0.3 is 15.0 Å². The second kappa shape index (κ2) is 6.91. The fourth-order valence-corrected chi connectivity index (χ4v) is 3.77. The van der Waals surface area contributed by atoms with Gasteiger partial charge >= 0.3 is 0 Å². The zero-order chi connectivity index (χ0) is 21.7. The molecule has 4 aromatic rings. The van der Waals surface area contributed by atoms with Crippen molar-refractivity contribution in [2.45, 2.75) is 19.4 Å². The zero-order valence-electron chi connectivity index (χ0n) is 16.6. The maximum atomic E-state index is 14.2. The monoisotopic (exact) mass is 417 g/mol. The van der Waals surface area contributed by atoms with Crippen LogP contribution in [0.15, 0.2) is 35.0 Å². The second-order valence-electron chi connectivity index (χ2n) is 7.20. The molecule has 2 bridgehead atoms. The molecule has 4 heterocycles. The molecule has 1 aliphatic heterocycles. The van der Waals surface area contributed by atoms with Crippen LogP contribution in [-0.2, 0) is 13.5 Å². The van der Waals surface area contributed by atoms with E-state index in [0.717, 1.165) is 0 Å². The fourth-order valence-electron chi connectivity index (χ4n) is 3.77. The number of anilines is 1. The summed E-state index contributed by atoms with van der Waals surface area (Å²) >= 11 is 0. The van der Waals surface area contributed by atoms with Gasteiger partial charge in [0.25, 0.3) is 0 Å². The molecule has 1 aromatic carbocycles. The molecule has 5 rings (SSSR count). The van der Waals surface area contributed by atoms with E-state index in [9.17, 15) is 9.65 Å². The van der Waals surface area contributed by atoms with Gasteiger partial charge in [-0.1, -0.05) is 5.16 Å². The van der Waals surface area contributed by atoms with E-state index in [-0.39, 0.29) is 17.9 Å². The third-order valence-electron chi connectivity index (χ3n) is 5.16. The normalized spacial score (nSPS) is 14.8. The number of nitriles is 1. The number of pyridine rings is 1. The Balaban J connectivity index is 1.82. The summed E-state index contributed by atoms with van der Waals surface area (Å²) in [4.78, 5) is 5.64. The smallest absolute Gasteiger partial charge is 0.191 e. The zero-order valence-corrected chi connectivity index (χ0v) is 16.6. The highest BCUT2D eigenvalue weighted by Gasteiger charge is 2.26. The molecule has 0 saturated heterocycles. The molecule has 3 aromatic heterocycles.